The van der Waals surface area contributed by atoms with Crippen LogP contribution in [0.1, 0.15) is 43.7 Å². The lowest BCUT2D eigenvalue weighted by molar-refractivity contribution is 0.122. The average Bonchev–Trinajstić information content (AvgIpc) is 3.05. The van der Waals surface area contributed by atoms with Gasteiger partial charge in [0.15, 0.2) is 11.6 Å². The minimum atomic E-state index is -0.814. The molecular weight excluding hydrogens is 611 g/mol. The van der Waals surface area contributed by atoms with E-state index in [2.05, 4.69) is 15.3 Å². The Morgan fingerprint density at radius 1 is 0.979 bits per heavy atom. The molecular formula is C35H32F3N5O4. The number of aromatic nitrogens is 2. The fourth-order valence-electron chi connectivity index (χ4n) is 5.59. The second-order valence-corrected chi connectivity index (χ2v) is 11.4. The molecule has 0 spiro atoms. The number of ether oxygens (including phenoxy) is 2. The molecule has 47 heavy (non-hydrogen) atoms. The standard InChI is InChI=1S/C35H32F3N5O4/c1-19(2)46-26-11-10-22(17-25(26)38)31(39)30-34(40-18-41-35(30)43-12-14-45-15-13-43)42-20(3)33-28(21-6-4-7-23(36)16-21)32(44)29-24(37)8-5-9-27(29)47-33/h4-11,16-20,39H,12-15H2,1-3H3,(H,40,41,42). The molecule has 6 rings (SSSR count). The molecule has 5 aromatic rings. The van der Waals surface area contributed by atoms with E-state index in [1.165, 1.54) is 48.8 Å². The zero-order valence-electron chi connectivity index (χ0n) is 25.9. The minimum Gasteiger partial charge on any atom is -0.488 e. The summed E-state index contributed by atoms with van der Waals surface area (Å²) < 4.78 is 61.6. The van der Waals surface area contributed by atoms with Crippen LogP contribution in [0.3, 0.4) is 0 Å². The van der Waals surface area contributed by atoms with E-state index in [9.17, 15) is 19.0 Å². The van der Waals surface area contributed by atoms with Crippen LogP contribution in [-0.4, -0.2) is 48.1 Å². The topological polar surface area (TPSA) is 114 Å². The molecule has 0 amide bonds. The Kier molecular flexibility index (Phi) is 8.95. The zero-order chi connectivity index (χ0) is 33.2. The highest BCUT2D eigenvalue weighted by Gasteiger charge is 2.28. The molecule has 242 valence electrons. The SMILES string of the molecule is CC(C)Oc1ccc(C(=N)c2c(NC(C)c3oc4cccc(F)c4c(=O)c3-c3cccc(F)c3)ncnc2N2CCOCC2)cc1F. The summed E-state index contributed by atoms with van der Waals surface area (Å²) in [5, 5.41) is 12.2. The number of nitrogens with one attached hydrogen (secondary N) is 2. The Balaban J connectivity index is 1.48. The van der Waals surface area contributed by atoms with Crippen LogP contribution in [0.15, 0.2) is 76.2 Å². The summed E-state index contributed by atoms with van der Waals surface area (Å²) in [5.41, 5.74) is 0.00102. The molecule has 1 saturated heterocycles. The van der Waals surface area contributed by atoms with Crippen molar-refractivity contribution in [2.75, 3.05) is 36.5 Å². The van der Waals surface area contributed by atoms with Crippen molar-refractivity contribution < 1.29 is 27.1 Å². The highest BCUT2D eigenvalue weighted by Crippen LogP contribution is 2.35. The van der Waals surface area contributed by atoms with Crippen LogP contribution in [0, 0.1) is 22.9 Å². The summed E-state index contributed by atoms with van der Waals surface area (Å²) in [6.07, 6.45) is 1.10. The summed E-state index contributed by atoms with van der Waals surface area (Å²) in [5.74, 6) is -1.18. The molecule has 1 aliphatic heterocycles. The van der Waals surface area contributed by atoms with Crippen molar-refractivity contribution in [2.24, 2.45) is 0 Å². The number of rotatable bonds is 9. The number of nitrogens with zero attached hydrogens (tertiary/aromatic N) is 3. The molecule has 12 heteroatoms. The summed E-state index contributed by atoms with van der Waals surface area (Å²) in [6.45, 7) is 7.17. The van der Waals surface area contributed by atoms with Crippen LogP contribution in [0.4, 0.5) is 24.8 Å². The number of fused-ring (bicyclic) bond motifs is 1. The molecule has 0 aliphatic carbocycles. The number of anilines is 2. The van der Waals surface area contributed by atoms with Crippen LogP contribution in [0.25, 0.3) is 22.1 Å². The largest absolute Gasteiger partial charge is 0.488 e. The molecule has 0 saturated carbocycles. The van der Waals surface area contributed by atoms with Crippen LogP contribution < -0.4 is 20.4 Å². The first kappa shape index (κ1) is 31.7. The summed E-state index contributed by atoms with van der Waals surface area (Å²) in [7, 11) is 0. The van der Waals surface area contributed by atoms with E-state index in [0.29, 0.717) is 32.1 Å². The van der Waals surface area contributed by atoms with Crippen molar-refractivity contribution in [1.82, 2.24) is 9.97 Å². The van der Waals surface area contributed by atoms with Crippen molar-refractivity contribution in [2.45, 2.75) is 32.9 Å². The zero-order valence-corrected chi connectivity index (χ0v) is 25.9. The molecule has 0 bridgehead atoms. The maximum absolute atomic E-state index is 15.1. The monoisotopic (exact) mass is 643 g/mol. The van der Waals surface area contributed by atoms with Gasteiger partial charge in [-0.25, -0.2) is 23.1 Å². The smallest absolute Gasteiger partial charge is 0.203 e. The van der Waals surface area contributed by atoms with Gasteiger partial charge in [0.25, 0.3) is 0 Å². The van der Waals surface area contributed by atoms with E-state index in [0.717, 1.165) is 6.07 Å². The predicted octanol–water partition coefficient (Wildman–Crippen LogP) is 6.88. The van der Waals surface area contributed by atoms with E-state index in [1.54, 1.807) is 32.9 Å². The lowest BCUT2D eigenvalue weighted by Crippen LogP contribution is -2.38. The molecule has 0 radical (unpaired) electrons. The molecule has 9 nitrogen and oxygen atoms in total. The maximum atomic E-state index is 15.1. The maximum Gasteiger partial charge on any atom is 0.203 e. The van der Waals surface area contributed by atoms with Gasteiger partial charge in [0.2, 0.25) is 5.43 Å². The van der Waals surface area contributed by atoms with Crippen molar-refractivity contribution >= 4 is 28.3 Å². The Morgan fingerprint density at radius 3 is 2.47 bits per heavy atom. The van der Waals surface area contributed by atoms with Gasteiger partial charge >= 0.3 is 0 Å². The van der Waals surface area contributed by atoms with E-state index in [-0.39, 0.29) is 62.4 Å². The summed E-state index contributed by atoms with van der Waals surface area (Å²) in [4.78, 5) is 24.7. The first-order chi connectivity index (χ1) is 22.6. The number of halogens is 3. The van der Waals surface area contributed by atoms with Gasteiger partial charge in [0, 0.05) is 18.7 Å². The fourth-order valence-corrected chi connectivity index (χ4v) is 5.59. The first-order valence-corrected chi connectivity index (χ1v) is 15.1. The van der Waals surface area contributed by atoms with Gasteiger partial charge in [-0.1, -0.05) is 18.2 Å². The van der Waals surface area contributed by atoms with Crippen molar-refractivity contribution in [3.63, 3.8) is 0 Å². The third-order valence-corrected chi connectivity index (χ3v) is 7.73. The molecule has 1 aliphatic rings. The highest BCUT2D eigenvalue weighted by molar-refractivity contribution is 6.16. The quantitative estimate of drug-likeness (QED) is 0.167. The van der Waals surface area contributed by atoms with Crippen LogP contribution >= 0.6 is 0 Å². The lowest BCUT2D eigenvalue weighted by atomic mass is 9.98. The van der Waals surface area contributed by atoms with Gasteiger partial charge in [0.05, 0.1) is 42.2 Å². The number of benzene rings is 3. The predicted molar refractivity (Wildman–Crippen MR) is 173 cm³/mol. The fraction of sp³-hybridized carbons (Fsp3) is 0.257. The van der Waals surface area contributed by atoms with Crippen LogP contribution in [0.5, 0.6) is 5.75 Å². The molecule has 2 aromatic heterocycles. The Morgan fingerprint density at radius 2 is 1.74 bits per heavy atom. The minimum absolute atomic E-state index is 0.0163. The normalized spacial score (nSPS) is 14.0. The summed E-state index contributed by atoms with van der Waals surface area (Å²) in [6, 6.07) is 13.0. The first-order valence-electron chi connectivity index (χ1n) is 15.1. The third-order valence-electron chi connectivity index (χ3n) is 7.73. The van der Waals surface area contributed by atoms with E-state index >= 15 is 4.39 Å². The average molecular weight is 644 g/mol. The van der Waals surface area contributed by atoms with Gasteiger partial charge < -0.3 is 24.1 Å². The van der Waals surface area contributed by atoms with Crippen LogP contribution in [0.2, 0.25) is 0 Å². The number of morpholine rings is 1. The van der Waals surface area contributed by atoms with Crippen molar-refractivity contribution in [3.8, 4) is 16.9 Å². The second-order valence-electron chi connectivity index (χ2n) is 11.4. The Bertz CT molecular complexity index is 2030. The molecule has 2 N–H and O–H groups in total. The lowest BCUT2D eigenvalue weighted by Gasteiger charge is -2.30. The van der Waals surface area contributed by atoms with E-state index in [1.807, 2.05) is 4.90 Å². The molecule has 3 aromatic carbocycles. The van der Waals surface area contributed by atoms with Gasteiger partial charge in [-0.15, -0.1) is 0 Å². The molecule has 1 unspecified atom stereocenters. The molecule has 3 heterocycles. The third kappa shape index (κ3) is 6.41. The van der Waals surface area contributed by atoms with E-state index < -0.39 is 28.9 Å². The van der Waals surface area contributed by atoms with E-state index in [4.69, 9.17) is 13.9 Å². The summed E-state index contributed by atoms with van der Waals surface area (Å²) >= 11 is 0. The Labute approximate surface area is 268 Å². The number of hydrogen-bond acceptors (Lipinski definition) is 9. The Hall–Kier alpha value is -5.23. The van der Waals surface area contributed by atoms with Crippen molar-refractivity contribution in [3.05, 3.63) is 112 Å². The van der Waals surface area contributed by atoms with Gasteiger partial charge in [-0.3, -0.25) is 10.2 Å². The van der Waals surface area contributed by atoms with Gasteiger partial charge in [-0.2, -0.15) is 0 Å². The highest BCUT2D eigenvalue weighted by atomic mass is 19.1. The molecule has 1 atom stereocenters. The molecule has 1 fully saturated rings. The van der Waals surface area contributed by atoms with Gasteiger partial charge in [-0.05, 0) is 68.8 Å². The van der Waals surface area contributed by atoms with Crippen LogP contribution in [-0.2, 0) is 4.74 Å². The van der Waals surface area contributed by atoms with Crippen molar-refractivity contribution in [1.29, 1.82) is 5.41 Å². The second kappa shape index (κ2) is 13.2. The number of hydrogen-bond donors (Lipinski definition) is 2. The van der Waals surface area contributed by atoms with Gasteiger partial charge in [0.1, 0.15) is 46.3 Å².